The number of thiophene rings is 1. The third-order valence-corrected chi connectivity index (χ3v) is 7.12. The first kappa shape index (κ1) is 15.6. The number of fused-ring (bicyclic) bond motifs is 4. The van der Waals surface area contributed by atoms with Gasteiger partial charge in [0.15, 0.2) is 5.16 Å². The van der Waals surface area contributed by atoms with E-state index in [0.717, 1.165) is 24.7 Å². The van der Waals surface area contributed by atoms with E-state index in [4.69, 9.17) is 9.97 Å². The summed E-state index contributed by atoms with van der Waals surface area (Å²) < 4.78 is 0. The average Bonchev–Trinajstić information content (AvgIpc) is 3.05. The van der Waals surface area contributed by atoms with Gasteiger partial charge in [-0.1, -0.05) is 36.0 Å². The van der Waals surface area contributed by atoms with Crippen LogP contribution < -0.4 is 4.90 Å². The van der Waals surface area contributed by atoms with Gasteiger partial charge in [0.2, 0.25) is 0 Å². The maximum Gasteiger partial charge on any atom is 0.190 e. The molecule has 1 aliphatic carbocycles. The molecule has 0 N–H and O–H groups in total. The second kappa shape index (κ2) is 6.29. The highest BCUT2D eigenvalue weighted by Gasteiger charge is 2.25. The van der Waals surface area contributed by atoms with Crippen LogP contribution in [0.15, 0.2) is 29.4 Å². The summed E-state index contributed by atoms with van der Waals surface area (Å²) in [7, 11) is 0. The van der Waals surface area contributed by atoms with Crippen molar-refractivity contribution in [3.63, 3.8) is 0 Å². The molecule has 3 aromatic rings. The Labute approximate surface area is 156 Å². The molecule has 3 heterocycles. The number of hydrogen-bond donors (Lipinski definition) is 0. The molecule has 5 heteroatoms. The zero-order valence-electron chi connectivity index (χ0n) is 14.4. The Morgan fingerprint density at radius 1 is 1.04 bits per heavy atom. The molecule has 128 valence electrons. The molecule has 25 heavy (non-hydrogen) atoms. The molecule has 0 bridgehead atoms. The van der Waals surface area contributed by atoms with Crippen molar-refractivity contribution in [2.24, 2.45) is 0 Å². The van der Waals surface area contributed by atoms with E-state index in [1.807, 2.05) is 11.3 Å². The molecule has 1 aromatic carbocycles. The van der Waals surface area contributed by atoms with E-state index in [1.54, 1.807) is 16.6 Å². The topological polar surface area (TPSA) is 29.0 Å². The molecule has 3 nitrogen and oxygen atoms in total. The molecule has 2 aromatic heterocycles. The van der Waals surface area contributed by atoms with E-state index >= 15 is 0 Å². The lowest BCUT2D eigenvalue weighted by Gasteiger charge is -2.30. The summed E-state index contributed by atoms with van der Waals surface area (Å²) in [5, 5.41) is 2.25. The molecule has 0 saturated heterocycles. The summed E-state index contributed by atoms with van der Waals surface area (Å²) in [6.45, 7) is 2.00. The van der Waals surface area contributed by atoms with Crippen LogP contribution in [0, 0.1) is 0 Å². The second-order valence-corrected chi connectivity index (χ2v) is 8.72. The number of aromatic nitrogens is 2. The Bertz CT molecular complexity index is 948. The number of aryl methyl sites for hydroxylation is 2. The van der Waals surface area contributed by atoms with E-state index < -0.39 is 0 Å². The largest absolute Gasteiger partial charge is 0.351 e. The molecule has 0 atom stereocenters. The van der Waals surface area contributed by atoms with E-state index in [1.165, 1.54) is 58.4 Å². The van der Waals surface area contributed by atoms with Crippen LogP contribution in [0.5, 0.6) is 0 Å². The molecule has 2 aliphatic rings. The monoisotopic (exact) mass is 367 g/mol. The van der Waals surface area contributed by atoms with Gasteiger partial charge in [-0.05, 0) is 55.1 Å². The van der Waals surface area contributed by atoms with Crippen molar-refractivity contribution < 1.29 is 0 Å². The normalized spacial score (nSPS) is 16.8. The maximum absolute atomic E-state index is 4.98. The number of thioether (sulfide) groups is 1. The maximum atomic E-state index is 4.98. The molecule has 0 saturated carbocycles. The van der Waals surface area contributed by atoms with Crippen molar-refractivity contribution in [2.75, 3.05) is 17.7 Å². The zero-order valence-corrected chi connectivity index (χ0v) is 16.1. The first-order chi connectivity index (χ1) is 12.3. The first-order valence-electron chi connectivity index (χ1n) is 9.01. The van der Waals surface area contributed by atoms with Crippen molar-refractivity contribution in [1.29, 1.82) is 0 Å². The zero-order chi connectivity index (χ0) is 16.8. The third kappa shape index (κ3) is 2.64. The fourth-order valence-corrected chi connectivity index (χ4v) is 5.79. The standard InChI is InChI=1S/C20H21N3S2/c1-24-20-21-18(23-11-10-13-6-2-3-7-14(13)12-23)17-15-8-4-5-9-16(15)25-19(17)22-20/h2-3,6-7H,4-5,8-12H2,1H3. The minimum Gasteiger partial charge on any atom is -0.351 e. The molecule has 1 aliphatic heterocycles. The molecule has 5 rings (SSSR count). The summed E-state index contributed by atoms with van der Waals surface area (Å²) >= 11 is 3.55. The molecule has 0 radical (unpaired) electrons. The van der Waals surface area contributed by atoms with Crippen LogP contribution in [0.1, 0.15) is 34.4 Å². The molecule has 0 amide bonds. The van der Waals surface area contributed by atoms with Crippen LogP contribution in [0.3, 0.4) is 0 Å². The van der Waals surface area contributed by atoms with Gasteiger partial charge in [0.1, 0.15) is 10.6 Å². The number of anilines is 1. The fraction of sp³-hybridized carbons (Fsp3) is 0.400. The van der Waals surface area contributed by atoms with Crippen molar-refractivity contribution in [1.82, 2.24) is 9.97 Å². The van der Waals surface area contributed by atoms with Gasteiger partial charge >= 0.3 is 0 Å². The molecular weight excluding hydrogens is 346 g/mol. The number of hydrogen-bond acceptors (Lipinski definition) is 5. The highest BCUT2D eigenvalue weighted by atomic mass is 32.2. The Balaban J connectivity index is 1.66. The van der Waals surface area contributed by atoms with E-state index in [-0.39, 0.29) is 0 Å². The Morgan fingerprint density at radius 2 is 1.88 bits per heavy atom. The minimum atomic E-state index is 0.903. The van der Waals surface area contributed by atoms with Crippen LogP contribution in [0.25, 0.3) is 10.2 Å². The van der Waals surface area contributed by atoms with E-state index in [0.29, 0.717) is 0 Å². The van der Waals surface area contributed by atoms with Gasteiger partial charge in [-0.15, -0.1) is 11.3 Å². The highest BCUT2D eigenvalue weighted by molar-refractivity contribution is 7.98. The van der Waals surface area contributed by atoms with Crippen LogP contribution in [0.2, 0.25) is 0 Å². The van der Waals surface area contributed by atoms with Crippen LogP contribution in [0.4, 0.5) is 5.82 Å². The van der Waals surface area contributed by atoms with Gasteiger partial charge in [-0.25, -0.2) is 9.97 Å². The van der Waals surface area contributed by atoms with Gasteiger partial charge in [0, 0.05) is 18.0 Å². The number of benzene rings is 1. The lowest BCUT2D eigenvalue weighted by molar-refractivity contribution is 0.696. The quantitative estimate of drug-likeness (QED) is 0.478. The number of nitrogens with zero attached hydrogens (tertiary/aromatic N) is 3. The smallest absolute Gasteiger partial charge is 0.190 e. The SMILES string of the molecule is CSc1nc(N2CCc3ccccc3C2)c2c3c(sc2n1)CCCC3. The summed E-state index contributed by atoms with van der Waals surface area (Å²) in [5.74, 6) is 1.17. The van der Waals surface area contributed by atoms with Crippen molar-refractivity contribution in [3.8, 4) is 0 Å². The van der Waals surface area contributed by atoms with Crippen molar-refractivity contribution >= 4 is 39.1 Å². The third-order valence-electron chi connectivity index (χ3n) is 5.39. The molecular formula is C20H21N3S2. The molecule has 0 fully saturated rings. The average molecular weight is 368 g/mol. The summed E-state index contributed by atoms with van der Waals surface area (Å²) in [6.07, 6.45) is 8.19. The Kier molecular flexibility index (Phi) is 3.94. The van der Waals surface area contributed by atoms with E-state index in [2.05, 4.69) is 35.4 Å². The molecule has 0 unspecified atom stereocenters. The summed E-state index contributed by atoms with van der Waals surface area (Å²) in [6, 6.07) is 8.83. The van der Waals surface area contributed by atoms with Crippen LogP contribution in [-0.2, 0) is 25.8 Å². The van der Waals surface area contributed by atoms with Gasteiger partial charge in [-0.3, -0.25) is 0 Å². The first-order valence-corrected chi connectivity index (χ1v) is 11.1. The predicted molar refractivity (Wildman–Crippen MR) is 107 cm³/mol. The van der Waals surface area contributed by atoms with Gasteiger partial charge in [0.25, 0.3) is 0 Å². The predicted octanol–water partition coefficient (Wildman–Crippen LogP) is 4.85. The minimum absolute atomic E-state index is 0.903. The van der Waals surface area contributed by atoms with Crippen LogP contribution >= 0.6 is 23.1 Å². The Morgan fingerprint density at radius 3 is 2.76 bits per heavy atom. The second-order valence-electron chi connectivity index (χ2n) is 6.87. The van der Waals surface area contributed by atoms with Crippen LogP contribution in [-0.4, -0.2) is 22.8 Å². The summed E-state index contributed by atoms with van der Waals surface area (Å²) in [4.78, 5) is 15.0. The Hall–Kier alpha value is -1.59. The fourth-order valence-electron chi connectivity index (χ4n) is 4.12. The summed E-state index contributed by atoms with van der Waals surface area (Å²) in [5.41, 5.74) is 4.46. The lowest BCUT2D eigenvalue weighted by atomic mass is 9.96. The van der Waals surface area contributed by atoms with Gasteiger partial charge in [0.05, 0.1) is 5.39 Å². The van der Waals surface area contributed by atoms with E-state index in [9.17, 15) is 0 Å². The van der Waals surface area contributed by atoms with Crippen molar-refractivity contribution in [3.05, 3.63) is 45.8 Å². The van der Waals surface area contributed by atoms with Crippen molar-refractivity contribution in [2.45, 2.75) is 43.8 Å². The lowest BCUT2D eigenvalue weighted by Crippen LogP contribution is -2.31. The molecule has 0 spiro atoms. The number of rotatable bonds is 2. The highest BCUT2D eigenvalue weighted by Crippen LogP contribution is 2.41. The van der Waals surface area contributed by atoms with Gasteiger partial charge in [-0.2, -0.15) is 0 Å². The van der Waals surface area contributed by atoms with Gasteiger partial charge < -0.3 is 4.90 Å².